The number of carbonyl (C=O) groups excluding carboxylic acids is 1. The van der Waals surface area contributed by atoms with Crippen molar-refractivity contribution in [3.8, 4) is 5.75 Å². The minimum absolute atomic E-state index is 0.0109. The Morgan fingerprint density at radius 2 is 2.00 bits per heavy atom. The van der Waals surface area contributed by atoms with Gasteiger partial charge in [-0.15, -0.1) is 0 Å². The predicted molar refractivity (Wildman–Crippen MR) is 96.4 cm³/mol. The van der Waals surface area contributed by atoms with Gasteiger partial charge in [0.05, 0.1) is 23.5 Å². The maximum absolute atomic E-state index is 12.2. The lowest BCUT2D eigenvalue weighted by atomic mass is 10.1. The van der Waals surface area contributed by atoms with Gasteiger partial charge in [-0.2, -0.15) is 10.2 Å². The zero-order valence-corrected chi connectivity index (χ0v) is 13.9. The van der Waals surface area contributed by atoms with Gasteiger partial charge >= 0.3 is 0 Å². The van der Waals surface area contributed by atoms with E-state index in [0.29, 0.717) is 6.42 Å². The average molecular weight is 333 g/mol. The Balaban J connectivity index is 1.27. The third kappa shape index (κ3) is 3.65. The molecule has 0 amide bonds. The Bertz CT molecular complexity index is 856. The summed E-state index contributed by atoms with van der Waals surface area (Å²) in [5, 5.41) is 8.27. The van der Waals surface area contributed by atoms with E-state index in [1.165, 1.54) is 17.5 Å². The van der Waals surface area contributed by atoms with Gasteiger partial charge in [0.1, 0.15) is 12.4 Å². The molecule has 0 spiro atoms. The summed E-state index contributed by atoms with van der Waals surface area (Å²) >= 11 is 0. The Morgan fingerprint density at radius 3 is 2.88 bits per heavy atom. The fraction of sp³-hybridized carbons (Fsp3) is 0.300. The number of ether oxygens (including phenoxy) is 1. The fourth-order valence-corrected chi connectivity index (χ4v) is 3.25. The summed E-state index contributed by atoms with van der Waals surface area (Å²) < 4.78 is 5.66. The van der Waals surface area contributed by atoms with Gasteiger partial charge in [-0.3, -0.25) is 9.78 Å². The zero-order valence-electron chi connectivity index (χ0n) is 13.9. The highest BCUT2D eigenvalue weighted by Crippen LogP contribution is 2.26. The van der Waals surface area contributed by atoms with E-state index in [9.17, 15) is 4.79 Å². The van der Waals surface area contributed by atoms with Gasteiger partial charge in [0.2, 0.25) is 0 Å². The maximum atomic E-state index is 12.2. The van der Waals surface area contributed by atoms with Crippen LogP contribution in [0.1, 0.15) is 36.1 Å². The largest absolute Gasteiger partial charge is 0.486 e. The molecule has 1 aromatic heterocycles. The van der Waals surface area contributed by atoms with Gasteiger partial charge in [-0.05, 0) is 54.7 Å². The highest BCUT2D eigenvalue weighted by molar-refractivity contribution is 6.18. The number of Topliss-reactive ketones (excluding diaryl/α,β-unsaturated/α-hetero) is 1. The third-order valence-electron chi connectivity index (χ3n) is 4.52. The van der Waals surface area contributed by atoms with Crippen LogP contribution < -0.4 is 4.74 Å². The van der Waals surface area contributed by atoms with Crippen LogP contribution in [-0.4, -0.2) is 28.8 Å². The fourth-order valence-electron chi connectivity index (χ4n) is 3.25. The van der Waals surface area contributed by atoms with E-state index < -0.39 is 0 Å². The summed E-state index contributed by atoms with van der Waals surface area (Å²) in [4.78, 5) is 16.4. The lowest BCUT2D eigenvalue weighted by Crippen LogP contribution is -2.16. The van der Waals surface area contributed by atoms with E-state index in [0.717, 1.165) is 35.7 Å². The molecule has 0 unspecified atom stereocenters. The molecule has 25 heavy (non-hydrogen) atoms. The van der Waals surface area contributed by atoms with E-state index >= 15 is 0 Å². The van der Waals surface area contributed by atoms with Crippen molar-refractivity contribution in [2.45, 2.75) is 32.1 Å². The summed E-state index contributed by atoms with van der Waals surface area (Å²) in [6, 6.07) is 11.8. The quantitative estimate of drug-likeness (QED) is 0.816. The van der Waals surface area contributed by atoms with Gasteiger partial charge in [-0.1, -0.05) is 12.1 Å². The summed E-state index contributed by atoms with van der Waals surface area (Å²) in [6.07, 6.45) is 6.02. The van der Waals surface area contributed by atoms with Crippen molar-refractivity contribution >= 4 is 17.2 Å². The molecule has 126 valence electrons. The first-order valence-corrected chi connectivity index (χ1v) is 8.58. The summed E-state index contributed by atoms with van der Waals surface area (Å²) in [7, 11) is 0. The molecule has 2 aliphatic rings. The SMILES string of the molecule is O=C(COc1ccc2c(c1)CCC2)CC1=NN=C(c2ccccn2)C1. The third-order valence-corrected chi connectivity index (χ3v) is 4.52. The molecule has 5 heteroatoms. The lowest BCUT2D eigenvalue weighted by Gasteiger charge is -2.07. The summed E-state index contributed by atoms with van der Waals surface area (Å²) in [6.45, 7) is 0.0662. The number of carbonyl (C=O) groups is 1. The van der Waals surface area contributed by atoms with Crippen molar-refractivity contribution in [2.75, 3.05) is 6.61 Å². The average Bonchev–Trinajstić information content (AvgIpc) is 3.29. The molecular weight excluding hydrogens is 314 g/mol. The maximum Gasteiger partial charge on any atom is 0.175 e. The number of pyridine rings is 1. The Morgan fingerprint density at radius 1 is 1.08 bits per heavy atom. The molecule has 5 nitrogen and oxygen atoms in total. The first kappa shape index (κ1) is 15.7. The van der Waals surface area contributed by atoms with Gasteiger partial charge in [-0.25, -0.2) is 0 Å². The molecule has 1 aliphatic carbocycles. The molecule has 2 heterocycles. The van der Waals surface area contributed by atoms with Crippen LogP contribution in [0.15, 0.2) is 52.8 Å². The normalized spacial score (nSPS) is 15.5. The lowest BCUT2D eigenvalue weighted by molar-refractivity contribution is -0.119. The first-order valence-electron chi connectivity index (χ1n) is 8.58. The molecule has 0 radical (unpaired) electrons. The molecule has 0 saturated carbocycles. The molecule has 0 atom stereocenters. The molecular formula is C20H19N3O2. The van der Waals surface area contributed by atoms with Crippen LogP contribution >= 0.6 is 0 Å². The van der Waals surface area contributed by atoms with Gasteiger partial charge < -0.3 is 4.74 Å². The van der Waals surface area contributed by atoms with Crippen molar-refractivity contribution in [1.29, 1.82) is 0 Å². The number of ketones is 1. The van der Waals surface area contributed by atoms with Crippen LogP contribution in [0.4, 0.5) is 0 Å². The Labute approximate surface area is 146 Å². The van der Waals surface area contributed by atoms with E-state index in [1.54, 1.807) is 6.20 Å². The highest BCUT2D eigenvalue weighted by Gasteiger charge is 2.18. The second kappa shape index (κ2) is 6.97. The zero-order chi connectivity index (χ0) is 17.1. The van der Waals surface area contributed by atoms with E-state index in [1.807, 2.05) is 24.3 Å². The van der Waals surface area contributed by atoms with Crippen LogP contribution in [0.3, 0.4) is 0 Å². The van der Waals surface area contributed by atoms with Crippen molar-refractivity contribution in [3.63, 3.8) is 0 Å². The molecule has 4 rings (SSSR count). The van der Waals surface area contributed by atoms with Crippen LogP contribution in [0.2, 0.25) is 0 Å². The van der Waals surface area contributed by atoms with Gasteiger partial charge in [0, 0.05) is 12.6 Å². The number of hydrogen-bond acceptors (Lipinski definition) is 5. The second-order valence-electron chi connectivity index (χ2n) is 6.39. The second-order valence-corrected chi connectivity index (χ2v) is 6.39. The van der Waals surface area contributed by atoms with Crippen molar-refractivity contribution < 1.29 is 9.53 Å². The van der Waals surface area contributed by atoms with Crippen LogP contribution in [0.25, 0.3) is 0 Å². The summed E-state index contributed by atoms with van der Waals surface area (Å²) in [5.41, 5.74) is 5.13. The minimum Gasteiger partial charge on any atom is -0.486 e. The smallest absolute Gasteiger partial charge is 0.175 e. The molecule has 0 bridgehead atoms. The summed E-state index contributed by atoms with van der Waals surface area (Å²) in [5.74, 6) is 0.782. The van der Waals surface area contributed by atoms with Crippen molar-refractivity contribution in [3.05, 3.63) is 59.4 Å². The molecule has 1 aromatic carbocycles. The van der Waals surface area contributed by atoms with Gasteiger partial charge in [0.15, 0.2) is 5.78 Å². The van der Waals surface area contributed by atoms with Crippen molar-refractivity contribution in [2.24, 2.45) is 10.2 Å². The molecule has 0 N–H and O–H groups in total. The number of nitrogens with zero attached hydrogens (tertiary/aromatic N) is 3. The molecule has 0 fully saturated rings. The van der Waals surface area contributed by atoms with Crippen molar-refractivity contribution in [1.82, 2.24) is 4.98 Å². The van der Waals surface area contributed by atoms with E-state index in [2.05, 4.69) is 27.3 Å². The Kier molecular flexibility index (Phi) is 4.37. The molecule has 0 saturated heterocycles. The highest BCUT2D eigenvalue weighted by atomic mass is 16.5. The number of fused-ring (bicyclic) bond motifs is 1. The molecule has 1 aliphatic heterocycles. The monoisotopic (exact) mass is 333 g/mol. The van der Waals surface area contributed by atoms with Crippen LogP contribution in [-0.2, 0) is 17.6 Å². The number of rotatable bonds is 6. The first-order chi connectivity index (χ1) is 12.3. The number of benzene rings is 1. The van der Waals surface area contributed by atoms with Gasteiger partial charge in [0.25, 0.3) is 0 Å². The number of aryl methyl sites for hydroxylation is 2. The molecule has 2 aromatic rings. The number of hydrogen-bond donors (Lipinski definition) is 0. The van der Waals surface area contributed by atoms with Crippen LogP contribution in [0.5, 0.6) is 5.75 Å². The van der Waals surface area contributed by atoms with E-state index in [-0.39, 0.29) is 18.8 Å². The standard InChI is InChI=1S/C20H19N3O2/c24-17(13-25-18-8-7-14-4-3-5-15(14)10-18)11-16-12-20(23-22-16)19-6-1-2-9-21-19/h1-2,6-10H,3-5,11-13H2. The minimum atomic E-state index is 0.0109. The number of aromatic nitrogens is 1. The topological polar surface area (TPSA) is 63.9 Å². The predicted octanol–water partition coefficient (Wildman–Crippen LogP) is 3.16. The Hall–Kier alpha value is -2.82. The van der Waals surface area contributed by atoms with E-state index in [4.69, 9.17) is 4.74 Å². The van der Waals surface area contributed by atoms with Crippen LogP contribution in [0, 0.1) is 0 Å².